The Bertz CT molecular complexity index is 481. The van der Waals surface area contributed by atoms with Gasteiger partial charge in [0.05, 0.1) is 6.54 Å². The van der Waals surface area contributed by atoms with Gasteiger partial charge in [-0.2, -0.15) is 0 Å². The first kappa shape index (κ1) is 18.0. The predicted octanol–water partition coefficient (Wildman–Crippen LogP) is 2.27. The Morgan fingerprint density at radius 1 is 1.33 bits per heavy atom. The van der Waals surface area contributed by atoms with E-state index in [0.29, 0.717) is 12.6 Å². The molecule has 118 valence electrons. The number of hydrogen-bond donors (Lipinski definition) is 2. The van der Waals surface area contributed by atoms with Gasteiger partial charge in [-0.05, 0) is 38.8 Å². The highest BCUT2D eigenvalue weighted by Gasteiger charge is 2.20. The second-order valence-corrected chi connectivity index (χ2v) is 5.85. The lowest BCUT2D eigenvalue weighted by molar-refractivity contribution is -0.118. The molecule has 0 bridgehead atoms. The molecular formula is C16H26ClN3O. The van der Waals surface area contributed by atoms with Gasteiger partial charge in [0.1, 0.15) is 0 Å². The molecule has 0 aromatic heterocycles. The Balaban J connectivity index is 0.00000220. The summed E-state index contributed by atoms with van der Waals surface area (Å²) >= 11 is 0. The topological polar surface area (TPSA) is 44.4 Å². The van der Waals surface area contributed by atoms with E-state index in [1.54, 1.807) is 0 Å². The zero-order chi connectivity index (χ0) is 14.7. The molecule has 1 fully saturated rings. The van der Waals surface area contributed by atoms with Gasteiger partial charge in [-0.3, -0.25) is 9.69 Å². The number of amides is 1. The molecule has 21 heavy (non-hydrogen) atoms. The van der Waals surface area contributed by atoms with Crippen LogP contribution in [0.1, 0.15) is 23.6 Å². The van der Waals surface area contributed by atoms with Crippen LogP contribution in [0, 0.1) is 20.8 Å². The second-order valence-electron chi connectivity index (χ2n) is 5.85. The molecule has 5 heteroatoms. The number of carbonyl (C=O) groups is 1. The van der Waals surface area contributed by atoms with Crippen molar-refractivity contribution < 1.29 is 4.79 Å². The standard InChI is InChI=1S/C16H25N3O.ClH/c1-11-7-12(2)16(13(3)8-11)18-15(20)10-19-6-5-17-9-14(19)4;/h7-8,14,17H,5-6,9-10H2,1-4H3,(H,18,20);1H/t14-;/m0./s1. The zero-order valence-electron chi connectivity index (χ0n) is 13.3. The van der Waals surface area contributed by atoms with E-state index in [0.717, 1.165) is 36.4 Å². The van der Waals surface area contributed by atoms with Gasteiger partial charge in [0.25, 0.3) is 0 Å². The molecule has 1 amide bonds. The molecule has 0 aliphatic carbocycles. The van der Waals surface area contributed by atoms with E-state index in [2.05, 4.69) is 41.5 Å². The number of rotatable bonds is 3. The number of nitrogens with one attached hydrogen (secondary N) is 2. The lowest BCUT2D eigenvalue weighted by atomic mass is 10.1. The summed E-state index contributed by atoms with van der Waals surface area (Å²) in [6, 6.07) is 4.63. The second kappa shape index (κ2) is 7.78. The van der Waals surface area contributed by atoms with Gasteiger partial charge >= 0.3 is 0 Å². The largest absolute Gasteiger partial charge is 0.324 e. The monoisotopic (exact) mass is 311 g/mol. The van der Waals surface area contributed by atoms with Crippen molar-refractivity contribution in [3.05, 3.63) is 28.8 Å². The molecule has 1 saturated heterocycles. The fourth-order valence-corrected chi connectivity index (χ4v) is 2.86. The average Bonchev–Trinajstić information content (AvgIpc) is 2.36. The highest BCUT2D eigenvalue weighted by Crippen LogP contribution is 2.21. The minimum Gasteiger partial charge on any atom is -0.324 e. The maximum Gasteiger partial charge on any atom is 0.238 e. The average molecular weight is 312 g/mol. The summed E-state index contributed by atoms with van der Waals surface area (Å²) in [4.78, 5) is 14.5. The van der Waals surface area contributed by atoms with E-state index in [4.69, 9.17) is 0 Å². The summed E-state index contributed by atoms with van der Waals surface area (Å²) < 4.78 is 0. The van der Waals surface area contributed by atoms with Crippen LogP contribution in [0.3, 0.4) is 0 Å². The molecular weight excluding hydrogens is 286 g/mol. The van der Waals surface area contributed by atoms with E-state index < -0.39 is 0 Å². The van der Waals surface area contributed by atoms with Crippen LogP contribution >= 0.6 is 12.4 Å². The van der Waals surface area contributed by atoms with E-state index in [1.165, 1.54) is 5.56 Å². The number of hydrogen-bond acceptors (Lipinski definition) is 3. The SMILES string of the molecule is Cc1cc(C)c(NC(=O)CN2CCNC[C@@H]2C)c(C)c1.Cl. The van der Waals surface area contributed by atoms with Crippen LogP contribution in [0.2, 0.25) is 0 Å². The molecule has 1 aromatic rings. The Hall–Kier alpha value is -1.10. The number of benzene rings is 1. The van der Waals surface area contributed by atoms with Crippen LogP contribution in [0.5, 0.6) is 0 Å². The van der Waals surface area contributed by atoms with Gasteiger partial charge in [0.15, 0.2) is 0 Å². The van der Waals surface area contributed by atoms with Gasteiger partial charge in [-0.25, -0.2) is 0 Å². The van der Waals surface area contributed by atoms with Crippen LogP contribution < -0.4 is 10.6 Å². The molecule has 0 saturated carbocycles. The van der Waals surface area contributed by atoms with Crippen LogP contribution in [0.15, 0.2) is 12.1 Å². The summed E-state index contributed by atoms with van der Waals surface area (Å²) in [6.45, 7) is 11.6. The molecule has 1 aliphatic rings. The molecule has 1 aromatic carbocycles. The van der Waals surface area contributed by atoms with Gasteiger partial charge < -0.3 is 10.6 Å². The van der Waals surface area contributed by atoms with Crippen LogP contribution in [0.25, 0.3) is 0 Å². The summed E-state index contributed by atoms with van der Waals surface area (Å²) in [7, 11) is 0. The molecule has 1 atom stereocenters. The molecule has 4 nitrogen and oxygen atoms in total. The van der Waals surface area contributed by atoms with Crippen LogP contribution in [-0.4, -0.2) is 43.0 Å². The lowest BCUT2D eigenvalue weighted by Crippen LogP contribution is -2.52. The molecule has 2 N–H and O–H groups in total. The number of aryl methyl sites for hydroxylation is 3. The normalized spacial score (nSPS) is 19.0. The van der Waals surface area contributed by atoms with E-state index in [-0.39, 0.29) is 18.3 Å². The Kier molecular flexibility index (Phi) is 6.65. The zero-order valence-corrected chi connectivity index (χ0v) is 14.1. The van der Waals surface area contributed by atoms with Crippen molar-refractivity contribution >= 4 is 24.0 Å². The number of piperazine rings is 1. The molecule has 0 radical (unpaired) electrons. The first-order valence-electron chi connectivity index (χ1n) is 7.30. The fourth-order valence-electron chi connectivity index (χ4n) is 2.86. The molecule has 0 spiro atoms. The van der Waals surface area contributed by atoms with Crippen molar-refractivity contribution in [2.45, 2.75) is 33.7 Å². The maximum atomic E-state index is 12.2. The molecule has 2 rings (SSSR count). The van der Waals surface area contributed by atoms with Gasteiger partial charge in [-0.15, -0.1) is 12.4 Å². The van der Waals surface area contributed by atoms with E-state index >= 15 is 0 Å². The van der Waals surface area contributed by atoms with Crippen LogP contribution in [0.4, 0.5) is 5.69 Å². The summed E-state index contributed by atoms with van der Waals surface area (Å²) in [6.07, 6.45) is 0. The number of carbonyl (C=O) groups excluding carboxylic acids is 1. The van der Waals surface area contributed by atoms with Crippen molar-refractivity contribution in [1.29, 1.82) is 0 Å². The third kappa shape index (κ3) is 4.70. The minimum atomic E-state index is 0. The third-order valence-electron chi connectivity index (χ3n) is 3.93. The first-order chi connectivity index (χ1) is 9.47. The van der Waals surface area contributed by atoms with E-state index in [1.807, 2.05) is 13.8 Å². The lowest BCUT2D eigenvalue weighted by Gasteiger charge is -2.33. The molecule has 0 unspecified atom stereocenters. The summed E-state index contributed by atoms with van der Waals surface area (Å²) in [5.41, 5.74) is 4.45. The van der Waals surface area contributed by atoms with Crippen molar-refractivity contribution in [3.63, 3.8) is 0 Å². The molecule has 1 aliphatic heterocycles. The minimum absolute atomic E-state index is 0. The smallest absolute Gasteiger partial charge is 0.238 e. The number of nitrogens with zero attached hydrogens (tertiary/aromatic N) is 1. The summed E-state index contributed by atoms with van der Waals surface area (Å²) in [5, 5.41) is 6.41. The van der Waals surface area contributed by atoms with E-state index in [9.17, 15) is 4.79 Å². The quantitative estimate of drug-likeness (QED) is 0.900. The van der Waals surface area contributed by atoms with Crippen molar-refractivity contribution in [3.8, 4) is 0 Å². The van der Waals surface area contributed by atoms with Crippen molar-refractivity contribution in [2.75, 3.05) is 31.5 Å². The highest BCUT2D eigenvalue weighted by atomic mass is 35.5. The van der Waals surface area contributed by atoms with Gasteiger partial charge in [-0.1, -0.05) is 17.7 Å². The molecule has 1 heterocycles. The van der Waals surface area contributed by atoms with Crippen molar-refractivity contribution in [2.24, 2.45) is 0 Å². The Labute approximate surface area is 133 Å². The maximum absolute atomic E-state index is 12.2. The third-order valence-corrected chi connectivity index (χ3v) is 3.93. The van der Waals surface area contributed by atoms with Gasteiger partial charge in [0, 0.05) is 31.4 Å². The first-order valence-corrected chi connectivity index (χ1v) is 7.30. The van der Waals surface area contributed by atoms with Crippen molar-refractivity contribution in [1.82, 2.24) is 10.2 Å². The number of halogens is 1. The Morgan fingerprint density at radius 2 is 1.95 bits per heavy atom. The highest BCUT2D eigenvalue weighted by molar-refractivity contribution is 5.93. The summed E-state index contributed by atoms with van der Waals surface area (Å²) in [5.74, 6) is 0.0776. The van der Waals surface area contributed by atoms with Gasteiger partial charge in [0.2, 0.25) is 5.91 Å². The Morgan fingerprint density at radius 3 is 2.52 bits per heavy atom. The number of anilines is 1. The van der Waals surface area contributed by atoms with Crippen LogP contribution in [-0.2, 0) is 4.79 Å². The predicted molar refractivity (Wildman–Crippen MR) is 90.4 cm³/mol. The fraction of sp³-hybridized carbons (Fsp3) is 0.562.